The average Bonchev–Trinajstić information content (AvgIpc) is 2.63. The van der Waals surface area contributed by atoms with Crippen LogP contribution in [-0.2, 0) is 16.1 Å². The van der Waals surface area contributed by atoms with Crippen LogP contribution in [0.2, 0.25) is 0 Å². The van der Waals surface area contributed by atoms with Gasteiger partial charge in [-0.15, -0.1) is 0 Å². The van der Waals surface area contributed by atoms with Gasteiger partial charge in [-0.1, -0.05) is 25.3 Å². The summed E-state index contributed by atoms with van der Waals surface area (Å²) in [7, 11) is 0. The molecule has 25 heavy (non-hydrogen) atoms. The Hall–Kier alpha value is -1.95. The largest absolute Gasteiger partial charge is 0.388 e. The van der Waals surface area contributed by atoms with Crippen molar-refractivity contribution in [1.29, 1.82) is 0 Å². The first kappa shape index (κ1) is 17.9. The maximum Gasteiger partial charge on any atom is 0.225 e. The molecule has 6 nitrogen and oxygen atoms in total. The number of pyridine rings is 1. The number of aliphatic hydroxyl groups is 1. The minimum atomic E-state index is -0.758. The summed E-state index contributed by atoms with van der Waals surface area (Å²) in [5, 5.41) is 13.4. The molecule has 3 rings (SSSR count). The highest BCUT2D eigenvalue weighted by molar-refractivity contribution is 5.83. The fraction of sp³-hybridized carbons (Fsp3) is 0.632. The molecule has 0 bridgehead atoms. The molecule has 2 N–H and O–H groups in total. The Bertz CT molecular complexity index is 599. The molecule has 1 saturated carbocycles. The second-order valence-corrected chi connectivity index (χ2v) is 7.33. The van der Waals surface area contributed by atoms with E-state index in [1.807, 2.05) is 18.2 Å². The molecular weight excluding hydrogens is 318 g/mol. The highest BCUT2D eigenvalue weighted by Gasteiger charge is 2.33. The van der Waals surface area contributed by atoms with E-state index in [1.165, 1.54) is 0 Å². The summed E-state index contributed by atoms with van der Waals surface area (Å²) >= 11 is 0. The molecule has 1 aromatic heterocycles. The fourth-order valence-corrected chi connectivity index (χ4v) is 3.75. The van der Waals surface area contributed by atoms with Crippen LogP contribution >= 0.6 is 0 Å². The third-order valence-electron chi connectivity index (χ3n) is 5.33. The van der Waals surface area contributed by atoms with Crippen molar-refractivity contribution in [3.8, 4) is 0 Å². The van der Waals surface area contributed by atoms with E-state index in [4.69, 9.17) is 0 Å². The first-order chi connectivity index (χ1) is 12.1. The van der Waals surface area contributed by atoms with Gasteiger partial charge < -0.3 is 15.3 Å². The molecule has 1 aliphatic carbocycles. The Morgan fingerprint density at radius 3 is 2.84 bits per heavy atom. The maximum absolute atomic E-state index is 12.5. The number of nitrogens with one attached hydrogen (secondary N) is 1. The maximum atomic E-state index is 12.5. The molecule has 2 heterocycles. The molecule has 1 aliphatic heterocycles. The Morgan fingerprint density at radius 2 is 2.12 bits per heavy atom. The minimum Gasteiger partial charge on any atom is -0.388 e. The van der Waals surface area contributed by atoms with Crippen molar-refractivity contribution in [2.75, 3.05) is 13.1 Å². The molecule has 136 valence electrons. The van der Waals surface area contributed by atoms with Crippen LogP contribution in [0.1, 0.15) is 50.6 Å². The van der Waals surface area contributed by atoms with E-state index in [9.17, 15) is 14.7 Å². The highest BCUT2D eigenvalue weighted by atomic mass is 16.3. The van der Waals surface area contributed by atoms with Crippen molar-refractivity contribution in [3.63, 3.8) is 0 Å². The lowest BCUT2D eigenvalue weighted by atomic mass is 9.84. The number of carbonyl (C=O) groups excluding carboxylic acids is 2. The van der Waals surface area contributed by atoms with Crippen LogP contribution in [0.3, 0.4) is 0 Å². The number of hydrogen-bond acceptors (Lipinski definition) is 4. The van der Waals surface area contributed by atoms with Crippen molar-refractivity contribution in [3.05, 3.63) is 30.1 Å². The lowest BCUT2D eigenvalue weighted by Crippen LogP contribution is -2.49. The zero-order valence-electron chi connectivity index (χ0n) is 14.6. The van der Waals surface area contributed by atoms with E-state index in [0.717, 1.165) is 37.8 Å². The molecular formula is C19H27N3O3. The van der Waals surface area contributed by atoms with Crippen molar-refractivity contribution < 1.29 is 14.7 Å². The van der Waals surface area contributed by atoms with E-state index in [-0.39, 0.29) is 17.7 Å². The smallest absolute Gasteiger partial charge is 0.225 e. The van der Waals surface area contributed by atoms with Crippen LogP contribution < -0.4 is 5.32 Å². The van der Waals surface area contributed by atoms with Crippen LogP contribution in [0.25, 0.3) is 0 Å². The number of nitrogens with zero attached hydrogens (tertiary/aromatic N) is 2. The molecule has 2 aliphatic rings. The van der Waals surface area contributed by atoms with Gasteiger partial charge in [-0.25, -0.2) is 0 Å². The second kappa shape index (κ2) is 7.95. The van der Waals surface area contributed by atoms with Crippen LogP contribution in [0, 0.1) is 5.92 Å². The summed E-state index contributed by atoms with van der Waals surface area (Å²) in [6.07, 6.45) is 7.36. The molecule has 1 unspecified atom stereocenters. The first-order valence-corrected chi connectivity index (χ1v) is 9.23. The monoisotopic (exact) mass is 345 g/mol. The Balaban J connectivity index is 1.53. The van der Waals surface area contributed by atoms with Gasteiger partial charge in [0.05, 0.1) is 23.8 Å². The topological polar surface area (TPSA) is 82.5 Å². The molecule has 0 radical (unpaired) electrons. The van der Waals surface area contributed by atoms with Gasteiger partial charge in [0, 0.05) is 25.7 Å². The molecule has 1 saturated heterocycles. The number of hydrogen-bond donors (Lipinski definition) is 2. The third kappa shape index (κ3) is 4.78. The van der Waals surface area contributed by atoms with E-state index in [0.29, 0.717) is 32.5 Å². The van der Waals surface area contributed by atoms with E-state index >= 15 is 0 Å². The van der Waals surface area contributed by atoms with Crippen LogP contribution in [0.4, 0.5) is 0 Å². The van der Waals surface area contributed by atoms with E-state index in [2.05, 4.69) is 10.3 Å². The predicted molar refractivity (Wildman–Crippen MR) is 93.4 cm³/mol. The normalized spacial score (nSPS) is 23.3. The summed E-state index contributed by atoms with van der Waals surface area (Å²) in [6.45, 7) is 1.17. The fourth-order valence-electron chi connectivity index (χ4n) is 3.75. The lowest BCUT2D eigenvalue weighted by molar-refractivity contribution is -0.139. The Kier molecular flexibility index (Phi) is 5.68. The SMILES string of the molecule is O=C(NCC1(O)CCCCC1)C1CCC(=O)N(Cc2ccccn2)C1. The quantitative estimate of drug-likeness (QED) is 0.850. The molecule has 6 heteroatoms. The summed E-state index contributed by atoms with van der Waals surface area (Å²) in [5.74, 6) is -0.202. The number of aromatic nitrogens is 1. The van der Waals surface area contributed by atoms with E-state index in [1.54, 1.807) is 11.1 Å². The number of likely N-dealkylation sites (tertiary alicyclic amines) is 1. The number of piperidine rings is 1. The number of rotatable bonds is 5. The number of carbonyl (C=O) groups is 2. The Labute approximate surface area is 148 Å². The minimum absolute atomic E-state index is 0.0579. The average molecular weight is 345 g/mol. The number of amides is 2. The molecule has 2 amide bonds. The van der Waals surface area contributed by atoms with Crippen molar-refractivity contribution in [2.45, 2.75) is 57.1 Å². The zero-order valence-corrected chi connectivity index (χ0v) is 14.6. The summed E-state index contributed by atoms with van der Waals surface area (Å²) in [4.78, 5) is 30.6. The summed E-state index contributed by atoms with van der Waals surface area (Å²) in [6, 6.07) is 5.62. The van der Waals surface area contributed by atoms with Gasteiger partial charge in [-0.3, -0.25) is 14.6 Å². The van der Waals surface area contributed by atoms with Crippen molar-refractivity contribution >= 4 is 11.8 Å². The zero-order chi connectivity index (χ0) is 17.7. The highest BCUT2D eigenvalue weighted by Crippen LogP contribution is 2.27. The van der Waals surface area contributed by atoms with Crippen LogP contribution in [0.5, 0.6) is 0 Å². The lowest BCUT2D eigenvalue weighted by Gasteiger charge is -2.34. The molecule has 0 aromatic carbocycles. The van der Waals surface area contributed by atoms with Crippen LogP contribution in [-0.4, -0.2) is 45.5 Å². The summed E-state index contributed by atoms with van der Waals surface area (Å²) < 4.78 is 0. The van der Waals surface area contributed by atoms with Gasteiger partial charge in [0.1, 0.15) is 0 Å². The van der Waals surface area contributed by atoms with Crippen LogP contribution in [0.15, 0.2) is 24.4 Å². The third-order valence-corrected chi connectivity index (χ3v) is 5.33. The molecule has 1 atom stereocenters. The molecule has 2 fully saturated rings. The van der Waals surface area contributed by atoms with E-state index < -0.39 is 5.60 Å². The molecule has 1 aromatic rings. The van der Waals surface area contributed by atoms with Gasteiger partial charge in [-0.05, 0) is 31.4 Å². The summed E-state index contributed by atoms with van der Waals surface area (Å²) in [5.41, 5.74) is 0.0694. The van der Waals surface area contributed by atoms with Gasteiger partial charge in [-0.2, -0.15) is 0 Å². The molecule has 0 spiro atoms. The first-order valence-electron chi connectivity index (χ1n) is 9.23. The van der Waals surface area contributed by atoms with Gasteiger partial charge in [0.25, 0.3) is 0 Å². The second-order valence-electron chi connectivity index (χ2n) is 7.33. The standard InChI is InChI=1S/C19H27N3O3/c23-17-8-7-15(12-22(17)13-16-6-2-5-11-20-16)18(24)21-14-19(25)9-3-1-4-10-19/h2,5-6,11,15,25H,1,3-4,7-10,12-14H2,(H,21,24). The van der Waals surface area contributed by atoms with Crippen molar-refractivity contribution in [2.24, 2.45) is 5.92 Å². The van der Waals surface area contributed by atoms with Crippen molar-refractivity contribution in [1.82, 2.24) is 15.2 Å². The van der Waals surface area contributed by atoms with Gasteiger partial charge >= 0.3 is 0 Å². The van der Waals surface area contributed by atoms with Gasteiger partial charge in [0.15, 0.2) is 0 Å². The predicted octanol–water partition coefficient (Wildman–Crippen LogP) is 1.63. The Morgan fingerprint density at radius 1 is 1.32 bits per heavy atom. The van der Waals surface area contributed by atoms with Gasteiger partial charge in [0.2, 0.25) is 11.8 Å².